The SMILES string of the molecule is CC1COC(c2cn(-c3ccc(-c4cccc(S(C)(=O)=O)c4)cc3Cl)c(-c3c(Cl)cccc3Cl)n2)=N1. The molecular formula is C26H20Cl3N3O3S. The Labute approximate surface area is 224 Å². The summed E-state index contributed by atoms with van der Waals surface area (Å²) >= 11 is 19.8. The molecule has 1 unspecified atom stereocenters. The normalized spacial score (nSPS) is 15.6. The highest BCUT2D eigenvalue weighted by Gasteiger charge is 2.24. The Morgan fingerprint density at radius 3 is 2.28 bits per heavy atom. The van der Waals surface area contributed by atoms with Gasteiger partial charge in [0.05, 0.1) is 37.3 Å². The highest BCUT2D eigenvalue weighted by Crippen LogP contribution is 2.38. The minimum atomic E-state index is -3.34. The van der Waals surface area contributed by atoms with Crippen LogP contribution in [0, 0.1) is 0 Å². The van der Waals surface area contributed by atoms with Gasteiger partial charge in [-0.2, -0.15) is 0 Å². The first-order chi connectivity index (χ1) is 17.1. The van der Waals surface area contributed by atoms with Crippen LogP contribution in [0.5, 0.6) is 0 Å². The summed E-state index contributed by atoms with van der Waals surface area (Å²) in [5.41, 5.74) is 3.22. The van der Waals surface area contributed by atoms with Crippen molar-refractivity contribution in [3.8, 4) is 28.2 Å². The summed E-state index contributed by atoms with van der Waals surface area (Å²) in [6, 6.07) is 17.5. The third kappa shape index (κ3) is 4.76. The third-order valence-corrected chi connectivity index (χ3v) is 7.76. The average molecular weight is 561 g/mol. The van der Waals surface area contributed by atoms with Crippen molar-refractivity contribution in [3.05, 3.63) is 87.6 Å². The van der Waals surface area contributed by atoms with E-state index in [-0.39, 0.29) is 10.9 Å². The van der Waals surface area contributed by atoms with Crippen LogP contribution in [-0.2, 0) is 14.6 Å². The maximum absolute atomic E-state index is 12.0. The molecule has 2 heterocycles. The molecule has 1 atom stereocenters. The zero-order chi connectivity index (χ0) is 25.6. The minimum absolute atomic E-state index is 0.0306. The van der Waals surface area contributed by atoms with E-state index in [0.29, 0.717) is 50.3 Å². The summed E-state index contributed by atoms with van der Waals surface area (Å²) < 4.78 is 31.5. The third-order valence-electron chi connectivity index (χ3n) is 5.71. The number of sulfone groups is 1. The summed E-state index contributed by atoms with van der Waals surface area (Å²) in [6.45, 7) is 2.44. The van der Waals surface area contributed by atoms with E-state index in [9.17, 15) is 8.42 Å². The minimum Gasteiger partial charge on any atom is -0.474 e. The molecule has 1 aromatic heterocycles. The van der Waals surface area contributed by atoms with Crippen LogP contribution < -0.4 is 0 Å². The molecule has 10 heteroatoms. The molecule has 36 heavy (non-hydrogen) atoms. The van der Waals surface area contributed by atoms with Crippen LogP contribution in [0.2, 0.25) is 15.1 Å². The van der Waals surface area contributed by atoms with Gasteiger partial charge in [0, 0.05) is 12.5 Å². The Hall–Kier alpha value is -2.84. The van der Waals surface area contributed by atoms with E-state index in [4.69, 9.17) is 44.5 Å². The Morgan fingerprint density at radius 2 is 1.64 bits per heavy atom. The first-order valence-corrected chi connectivity index (χ1v) is 14.0. The monoisotopic (exact) mass is 559 g/mol. The number of halogens is 3. The maximum Gasteiger partial charge on any atom is 0.237 e. The predicted octanol–water partition coefficient (Wildman–Crippen LogP) is 6.74. The first-order valence-electron chi connectivity index (χ1n) is 11.0. The van der Waals surface area contributed by atoms with Crippen molar-refractivity contribution in [1.82, 2.24) is 9.55 Å². The highest BCUT2D eigenvalue weighted by atomic mass is 35.5. The van der Waals surface area contributed by atoms with Gasteiger partial charge in [0.15, 0.2) is 9.84 Å². The van der Waals surface area contributed by atoms with Crippen molar-refractivity contribution < 1.29 is 13.2 Å². The van der Waals surface area contributed by atoms with Crippen LogP contribution in [0.4, 0.5) is 0 Å². The molecule has 0 saturated heterocycles. The van der Waals surface area contributed by atoms with Gasteiger partial charge in [0.25, 0.3) is 0 Å². The number of benzene rings is 3. The Balaban J connectivity index is 1.65. The van der Waals surface area contributed by atoms with Gasteiger partial charge in [0.1, 0.15) is 18.1 Å². The summed E-state index contributed by atoms with van der Waals surface area (Å²) in [6.07, 6.45) is 2.97. The molecule has 5 rings (SSSR count). The zero-order valence-electron chi connectivity index (χ0n) is 19.2. The Bertz CT molecular complexity index is 1610. The average Bonchev–Trinajstić information content (AvgIpc) is 3.45. The largest absolute Gasteiger partial charge is 0.474 e. The lowest BCUT2D eigenvalue weighted by Crippen LogP contribution is -2.02. The van der Waals surface area contributed by atoms with Crippen LogP contribution in [0.15, 0.2) is 76.7 Å². The van der Waals surface area contributed by atoms with E-state index in [1.54, 1.807) is 53.2 Å². The van der Waals surface area contributed by atoms with E-state index in [2.05, 4.69) is 4.99 Å². The molecule has 0 saturated carbocycles. The van der Waals surface area contributed by atoms with Gasteiger partial charge in [-0.25, -0.2) is 18.4 Å². The topological polar surface area (TPSA) is 73.5 Å². The predicted molar refractivity (Wildman–Crippen MR) is 145 cm³/mol. The van der Waals surface area contributed by atoms with E-state index >= 15 is 0 Å². The van der Waals surface area contributed by atoms with Gasteiger partial charge in [-0.1, -0.05) is 59.1 Å². The number of rotatable bonds is 5. The van der Waals surface area contributed by atoms with Gasteiger partial charge in [-0.3, -0.25) is 4.57 Å². The molecule has 0 spiro atoms. The van der Waals surface area contributed by atoms with Crippen LogP contribution in [-0.4, -0.2) is 42.8 Å². The number of ether oxygens (including phenoxy) is 1. The number of hydrogen-bond donors (Lipinski definition) is 0. The molecule has 0 N–H and O–H groups in total. The van der Waals surface area contributed by atoms with Crippen molar-refractivity contribution in [3.63, 3.8) is 0 Å². The fourth-order valence-corrected chi connectivity index (χ4v) is 5.46. The van der Waals surface area contributed by atoms with E-state index in [0.717, 1.165) is 11.1 Å². The fourth-order valence-electron chi connectivity index (χ4n) is 3.96. The van der Waals surface area contributed by atoms with E-state index in [1.807, 2.05) is 25.1 Å². The molecule has 0 radical (unpaired) electrons. The lowest BCUT2D eigenvalue weighted by atomic mass is 10.1. The smallest absolute Gasteiger partial charge is 0.237 e. The second kappa shape index (κ2) is 9.56. The Morgan fingerprint density at radius 1 is 0.944 bits per heavy atom. The molecule has 184 valence electrons. The summed E-state index contributed by atoms with van der Waals surface area (Å²) in [7, 11) is -3.34. The van der Waals surface area contributed by atoms with Crippen molar-refractivity contribution in [2.24, 2.45) is 4.99 Å². The van der Waals surface area contributed by atoms with Gasteiger partial charge in [-0.15, -0.1) is 0 Å². The molecule has 6 nitrogen and oxygen atoms in total. The lowest BCUT2D eigenvalue weighted by Gasteiger charge is -2.13. The second-order valence-electron chi connectivity index (χ2n) is 8.48. The van der Waals surface area contributed by atoms with Gasteiger partial charge < -0.3 is 4.74 Å². The number of nitrogens with zero attached hydrogens (tertiary/aromatic N) is 3. The molecule has 4 aromatic rings. The van der Waals surface area contributed by atoms with Crippen LogP contribution >= 0.6 is 34.8 Å². The number of hydrogen-bond acceptors (Lipinski definition) is 5. The molecule has 0 fully saturated rings. The Kier molecular flexibility index (Phi) is 6.59. The molecular weight excluding hydrogens is 541 g/mol. The van der Waals surface area contributed by atoms with E-state index in [1.165, 1.54) is 6.26 Å². The van der Waals surface area contributed by atoms with Crippen molar-refractivity contribution in [1.29, 1.82) is 0 Å². The number of aromatic nitrogens is 2. The second-order valence-corrected chi connectivity index (χ2v) is 11.7. The number of aliphatic imine (C=N–C) groups is 1. The fraction of sp³-hybridized carbons (Fsp3) is 0.154. The molecule has 3 aromatic carbocycles. The molecule has 0 bridgehead atoms. The standard InChI is InChI=1S/C26H20Cl3N3O3S/c1-15-14-35-26(30-15)22-13-32(25(31-22)24-19(27)7-4-8-20(24)28)23-10-9-17(12-21(23)29)16-5-3-6-18(11-16)36(2,33)34/h3-13,15H,14H2,1-2H3. The molecule has 1 aliphatic rings. The van der Waals surface area contributed by atoms with Crippen LogP contribution in [0.1, 0.15) is 12.6 Å². The van der Waals surface area contributed by atoms with E-state index < -0.39 is 9.84 Å². The van der Waals surface area contributed by atoms with Gasteiger partial charge in [-0.05, 0) is 54.4 Å². The van der Waals surface area contributed by atoms with Crippen molar-refractivity contribution >= 4 is 50.5 Å². The van der Waals surface area contributed by atoms with Gasteiger partial charge >= 0.3 is 0 Å². The lowest BCUT2D eigenvalue weighted by molar-refractivity contribution is 0.323. The molecule has 1 aliphatic heterocycles. The highest BCUT2D eigenvalue weighted by molar-refractivity contribution is 7.90. The zero-order valence-corrected chi connectivity index (χ0v) is 22.3. The van der Waals surface area contributed by atoms with Crippen molar-refractivity contribution in [2.45, 2.75) is 17.9 Å². The van der Waals surface area contributed by atoms with Crippen LogP contribution in [0.25, 0.3) is 28.2 Å². The summed E-state index contributed by atoms with van der Waals surface area (Å²) in [5, 5.41) is 1.30. The van der Waals surface area contributed by atoms with Gasteiger partial charge in [0.2, 0.25) is 5.90 Å². The quantitative estimate of drug-likeness (QED) is 0.271. The maximum atomic E-state index is 12.0. The van der Waals surface area contributed by atoms with Crippen molar-refractivity contribution in [2.75, 3.05) is 12.9 Å². The molecule has 0 amide bonds. The number of imidazole rings is 1. The first kappa shape index (κ1) is 24.8. The summed E-state index contributed by atoms with van der Waals surface area (Å²) in [4.78, 5) is 9.53. The van der Waals surface area contributed by atoms with Crippen LogP contribution in [0.3, 0.4) is 0 Å². The summed E-state index contributed by atoms with van der Waals surface area (Å²) in [5.74, 6) is 0.927. The molecule has 0 aliphatic carbocycles.